The fraction of sp³-hybridized carbons (Fsp3) is 0.500. The molecule has 0 aromatic heterocycles. The second-order valence-corrected chi connectivity index (χ2v) is 6.26. The van der Waals surface area contributed by atoms with Crippen molar-refractivity contribution >= 4 is 17.7 Å². The van der Waals surface area contributed by atoms with Crippen LogP contribution in [-0.2, 0) is 23.9 Å². The summed E-state index contributed by atoms with van der Waals surface area (Å²) < 4.78 is 10.4. The first-order chi connectivity index (χ1) is 11.0. The number of carbonyl (C=O) groups excluding carboxylic acids is 3. The number of ether oxygens (including phenoxy) is 2. The molecule has 0 unspecified atom stereocenters. The third kappa shape index (κ3) is 2.87. The lowest BCUT2D eigenvalue weighted by Crippen LogP contribution is -2.46. The lowest BCUT2D eigenvalue weighted by molar-refractivity contribution is -0.155. The van der Waals surface area contributed by atoms with Gasteiger partial charge in [0.25, 0.3) is 0 Å². The SMILES string of the molecule is CCOC(=O)C[C@@]12CC(=O)O[C@@H]1C[C@H](c1ccccc1)CC2=O. The molecule has 0 N–H and O–H groups in total. The van der Waals surface area contributed by atoms with Crippen LogP contribution < -0.4 is 0 Å². The third-order valence-corrected chi connectivity index (χ3v) is 4.87. The van der Waals surface area contributed by atoms with E-state index in [2.05, 4.69) is 0 Å². The first kappa shape index (κ1) is 15.7. The lowest BCUT2D eigenvalue weighted by Gasteiger charge is -2.38. The number of rotatable bonds is 4. The van der Waals surface area contributed by atoms with Crippen LogP contribution in [0.3, 0.4) is 0 Å². The van der Waals surface area contributed by atoms with E-state index in [0.29, 0.717) is 12.8 Å². The van der Waals surface area contributed by atoms with Gasteiger partial charge in [0.1, 0.15) is 11.9 Å². The van der Waals surface area contributed by atoms with Crippen LogP contribution in [0.15, 0.2) is 30.3 Å². The number of Topliss-reactive ketones (excluding diaryl/α,β-unsaturated/α-hetero) is 1. The first-order valence-electron chi connectivity index (χ1n) is 7.98. The van der Waals surface area contributed by atoms with Gasteiger partial charge in [0.2, 0.25) is 0 Å². The van der Waals surface area contributed by atoms with Gasteiger partial charge in [-0.1, -0.05) is 30.3 Å². The number of carbonyl (C=O) groups is 3. The summed E-state index contributed by atoms with van der Waals surface area (Å²) in [5, 5.41) is 0. The highest BCUT2D eigenvalue weighted by Gasteiger charge is 2.58. The fourth-order valence-corrected chi connectivity index (χ4v) is 3.73. The highest BCUT2D eigenvalue weighted by Crippen LogP contribution is 2.50. The molecule has 1 aromatic rings. The maximum absolute atomic E-state index is 12.8. The van der Waals surface area contributed by atoms with Crippen molar-refractivity contribution in [2.75, 3.05) is 6.61 Å². The summed E-state index contributed by atoms with van der Waals surface area (Å²) in [6, 6.07) is 9.75. The fourth-order valence-electron chi connectivity index (χ4n) is 3.73. The Balaban J connectivity index is 1.85. The summed E-state index contributed by atoms with van der Waals surface area (Å²) in [6.07, 6.45) is 0.275. The van der Waals surface area contributed by atoms with Crippen LogP contribution in [0.25, 0.3) is 0 Å². The van der Waals surface area contributed by atoms with Gasteiger partial charge in [0.15, 0.2) is 0 Å². The number of hydrogen-bond acceptors (Lipinski definition) is 5. The lowest BCUT2D eigenvalue weighted by atomic mass is 9.64. The molecule has 5 nitrogen and oxygen atoms in total. The number of ketones is 1. The Morgan fingerprint density at radius 2 is 2.04 bits per heavy atom. The summed E-state index contributed by atoms with van der Waals surface area (Å²) in [5.41, 5.74) is 0.0303. The van der Waals surface area contributed by atoms with Gasteiger partial charge in [0.05, 0.1) is 24.9 Å². The predicted molar refractivity (Wildman–Crippen MR) is 81.6 cm³/mol. The highest BCUT2D eigenvalue weighted by atomic mass is 16.6. The van der Waals surface area contributed by atoms with Gasteiger partial charge in [-0.3, -0.25) is 14.4 Å². The molecule has 122 valence electrons. The monoisotopic (exact) mass is 316 g/mol. The molecule has 1 saturated carbocycles. The van der Waals surface area contributed by atoms with Crippen LogP contribution in [0.5, 0.6) is 0 Å². The third-order valence-electron chi connectivity index (χ3n) is 4.87. The molecule has 23 heavy (non-hydrogen) atoms. The minimum Gasteiger partial charge on any atom is -0.466 e. The van der Waals surface area contributed by atoms with Crippen molar-refractivity contribution in [1.82, 2.24) is 0 Å². The average molecular weight is 316 g/mol. The van der Waals surface area contributed by atoms with Crippen molar-refractivity contribution in [2.45, 2.75) is 44.6 Å². The van der Waals surface area contributed by atoms with Gasteiger partial charge in [-0.15, -0.1) is 0 Å². The summed E-state index contributed by atoms with van der Waals surface area (Å²) in [4.78, 5) is 36.6. The Morgan fingerprint density at radius 1 is 1.30 bits per heavy atom. The molecule has 0 spiro atoms. The predicted octanol–water partition coefficient (Wildman–Crippen LogP) is 2.39. The second-order valence-electron chi connectivity index (χ2n) is 6.26. The van der Waals surface area contributed by atoms with Gasteiger partial charge in [-0.05, 0) is 24.8 Å². The van der Waals surface area contributed by atoms with Crippen LogP contribution in [0.1, 0.15) is 44.1 Å². The first-order valence-corrected chi connectivity index (χ1v) is 7.98. The van der Waals surface area contributed by atoms with E-state index >= 15 is 0 Å². The maximum Gasteiger partial charge on any atom is 0.307 e. The van der Waals surface area contributed by atoms with E-state index in [1.165, 1.54) is 0 Å². The average Bonchev–Trinajstić information content (AvgIpc) is 2.85. The molecule has 1 aliphatic carbocycles. The van der Waals surface area contributed by atoms with Crippen LogP contribution in [0.2, 0.25) is 0 Å². The van der Waals surface area contributed by atoms with Crippen LogP contribution in [-0.4, -0.2) is 30.4 Å². The Bertz CT molecular complexity index is 624. The normalized spacial score (nSPS) is 29.8. The molecule has 0 bridgehead atoms. The molecular weight excluding hydrogens is 296 g/mol. The molecule has 3 atom stereocenters. The number of benzene rings is 1. The number of fused-ring (bicyclic) bond motifs is 1. The van der Waals surface area contributed by atoms with E-state index in [1.54, 1.807) is 6.92 Å². The van der Waals surface area contributed by atoms with E-state index in [0.717, 1.165) is 5.56 Å². The number of esters is 2. The minimum absolute atomic E-state index is 0.0170. The number of hydrogen-bond donors (Lipinski definition) is 0. The quantitative estimate of drug-likeness (QED) is 0.798. The molecule has 0 radical (unpaired) electrons. The van der Waals surface area contributed by atoms with Crippen LogP contribution in [0.4, 0.5) is 0 Å². The van der Waals surface area contributed by atoms with Gasteiger partial charge in [0, 0.05) is 6.42 Å². The minimum atomic E-state index is -1.03. The molecule has 0 amide bonds. The summed E-state index contributed by atoms with van der Waals surface area (Å²) in [7, 11) is 0. The van der Waals surface area contributed by atoms with Gasteiger partial charge < -0.3 is 9.47 Å². The van der Waals surface area contributed by atoms with E-state index < -0.39 is 23.5 Å². The Kier molecular flexibility index (Phi) is 4.20. The van der Waals surface area contributed by atoms with Crippen molar-refractivity contribution in [3.63, 3.8) is 0 Å². The smallest absolute Gasteiger partial charge is 0.307 e. The van der Waals surface area contributed by atoms with Gasteiger partial charge >= 0.3 is 11.9 Å². The molecule has 1 aliphatic heterocycles. The Morgan fingerprint density at radius 3 is 2.74 bits per heavy atom. The molecule has 1 saturated heterocycles. The Hall–Kier alpha value is -2.17. The van der Waals surface area contributed by atoms with E-state index in [1.807, 2.05) is 30.3 Å². The molecule has 2 aliphatic rings. The van der Waals surface area contributed by atoms with Crippen molar-refractivity contribution in [2.24, 2.45) is 5.41 Å². The molecule has 2 fully saturated rings. The standard InChI is InChI=1S/C18H20O5/c1-2-22-16(20)10-18-11-17(21)23-15(18)9-13(8-14(18)19)12-6-4-3-5-7-12/h3-7,13,15H,2,8-11H2,1H3/t13-,15-,18+/m1/s1. The summed E-state index contributed by atoms with van der Waals surface area (Å²) >= 11 is 0. The molecule has 1 heterocycles. The summed E-state index contributed by atoms with van der Waals surface area (Å²) in [6.45, 7) is 1.98. The zero-order valence-corrected chi connectivity index (χ0v) is 13.1. The molecule has 1 aromatic carbocycles. The van der Waals surface area contributed by atoms with Crippen LogP contribution >= 0.6 is 0 Å². The van der Waals surface area contributed by atoms with Crippen molar-refractivity contribution in [1.29, 1.82) is 0 Å². The second kappa shape index (κ2) is 6.14. The molecule has 5 heteroatoms. The Labute approximate surface area is 135 Å². The largest absolute Gasteiger partial charge is 0.466 e. The molecular formula is C18H20O5. The van der Waals surface area contributed by atoms with Crippen LogP contribution in [0, 0.1) is 5.41 Å². The van der Waals surface area contributed by atoms with Crippen molar-refractivity contribution in [3.05, 3.63) is 35.9 Å². The maximum atomic E-state index is 12.8. The topological polar surface area (TPSA) is 69.7 Å². The van der Waals surface area contributed by atoms with Gasteiger partial charge in [-0.2, -0.15) is 0 Å². The van der Waals surface area contributed by atoms with Crippen molar-refractivity contribution in [3.8, 4) is 0 Å². The van der Waals surface area contributed by atoms with E-state index in [-0.39, 0.29) is 31.1 Å². The van der Waals surface area contributed by atoms with E-state index in [9.17, 15) is 14.4 Å². The molecule has 3 rings (SSSR count). The van der Waals surface area contributed by atoms with Gasteiger partial charge in [-0.25, -0.2) is 0 Å². The summed E-state index contributed by atoms with van der Waals surface area (Å²) in [5.74, 6) is -0.889. The zero-order chi connectivity index (χ0) is 16.4. The highest BCUT2D eigenvalue weighted by molar-refractivity contribution is 5.96. The van der Waals surface area contributed by atoms with E-state index in [4.69, 9.17) is 9.47 Å². The van der Waals surface area contributed by atoms with Crippen molar-refractivity contribution < 1.29 is 23.9 Å². The zero-order valence-electron chi connectivity index (χ0n) is 13.1.